The molecule has 1 aliphatic rings. The van der Waals surface area contributed by atoms with Gasteiger partial charge in [-0.25, -0.2) is 0 Å². The van der Waals surface area contributed by atoms with Crippen molar-refractivity contribution < 1.29 is 29.3 Å². The van der Waals surface area contributed by atoms with Gasteiger partial charge in [-0.2, -0.15) is 0 Å². The van der Waals surface area contributed by atoms with Crippen molar-refractivity contribution in [2.45, 2.75) is 89.7 Å². The molecule has 8 nitrogen and oxygen atoms in total. The number of nitrogens with zero attached hydrogens (tertiary/aromatic N) is 1. The van der Waals surface area contributed by atoms with Crippen molar-refractivity contribution in [3.05, 3.63) is 167 Å². The van der Waals surface area contributed by atoms with Gasteiger partial charge in [-0.15, -0.1) is 0 Å². The van der Waals surface area contributed by atoms with Crippen molar-refractivity contribution >= 4 is 11.9 Å². The number of rotatable bonds is 19. The fraction of sp³-hybridized carbons (Fsp3) is 0.319. The number of carboxylic acids is 1. The van der Waals surface area contributed by atoms with Crippen LogP contribution in [0.15, 0.2) is 133 Å². The second kappa shape index (κ2) is 20.5. The van der Waals surface area contributed by atoms with Gasteiger partial charge in [0.15, 0.2) is 6.29 Å². The molecule has 0 aliphatic carbocycles. The van der Waals surface area contributed by atoms with Gasteiger partial charge in [-0.1, -0.05) is 140 Å². The maximum Gasteiger partial charge on any atom is 0.303 e. The molecule has 5 aromatic rings. The summed E-state index contributed by atoms with van der Waals surface area (Å²) in [5.74, 6) is -0.769. The van der Waals surface area contributed by atoms with E-state index in [1.807, 2.05) is 48.5 Å². The van der Waals surface area contributed by atoms with E-state index in [0.717, 1.165) is 72.3 Å². The van der Waals surface area contributed by atoms with Gasteiger partial charge in [-0.3, -0.25) is 14.5 Å². The molecule has 0 bridgehead atoms. The Kier molecular flexibility index (Phi) is 14.8. The van der Waals surface area contributed by atoms with E-state index in [0.29, 0.717) is 25.8 Å². The molecule has 3 atom stereocenters. The van der Waals surface area contributed by atoms with E-state index in [4.69, 9.17) is 14.6 Å². The van der Waals surface area contributed by atoms with Gasteiger partial charge >= 0.3 is 5.97 Å². The minimum Gasteiger partial charge on any atom is -0.481 e. The molecule has 8 heteroatoms. The Bertz CT molecular complexity index is 1880. The van der Waals surface area contributed by atoms with Crippen LogP contribution in [0.4, 0.5) is 0 Å². The standard InChI is InChI=1S/C47H52N2O6/c50-34-37-20-22-40(23-21-37)44-29-43(33-49(31-35-12-5-3-6-13-35)32-36-14-7-4-8-15-36)54-47(55-44)41-26-24-39(25-27-41)42-17-11-16-38(28-42)30-48-45(51)18-9-1-2-10-19-46(52)53/h3-8,11-17,20-28,43-44,47,50H,1-2,9-10,18-19,29-34H2,(H,48,51)(H,52,53)/t43-,44+,47+/m1/s1. The summed E-state index contributed by atoms with van der Waals surface area (Å²) in [5, 5.41) is 21.5. The molecule has 1 saturated heterocycles. The topological polar surface area (TPSA) is 108 Å². The largest absolute Gasteiger partial charge is 0.481 e. The average molecular weight is 741 g/mol. The van der Waals surface area contributed by atoms with E-state index >= 15 is 0 Å². The van der Waals surface area contributed by atoms with E-state index in [-0.39, 0.29) is 31.1 Å². The van der Waals surface area contributed by atoms with Crippen molar-refractivity contribution in [2.24, 2.45) is 0 Å². The highest BCUT2D eigenvalue weighted by Crippen LogP contribution is 2.39. The van der Waals surface area contributed by atoms with E-state index < -0.39 is 12.3 Å². The summed E-state index contributed by atoms with van der Waals surface area (Å²) >= 11 is 0. The van der Waals surface area contributed by atoms with Crippen LogP contribution < -0.4 is 5.32 Å². The summed E-state index contributed by atoms with van der Waals surface area (Å²) in [7, 11) is 0. The molecule has 5 aromatic carbocycles. The zero-order chi connectivity index (χ0) is 38.2. The SMILES string of the molecule is O=C(O)CCCCCCC(=O)NCc1cccc(-c2ccc([C@H]3O[C@@H](CN(Cc4ccccc4)Cc4ccccc4)C[C@@H](c4ccc(CO)cc4)O3)cc2)c1. The van der Waals surface area contributed by atoms with Gasteiger partial charge in [0, 0.05) is 51.0 Å². The summed E-state index contributed by atoms with van der Waals surface area (Å²) in [6.45, 7) is 2.76. The third-order valence-electron chi connectivity index (χ3n) is 10.1. The molecule has 286 valence electrons. The lowest BCUT2D eigenvalue weighted by Crippen LogP contribution is -2.39. The fourth-order valence-electron chi connectivity index (χ4n) is 7.09. The normalized spacial score (nSPS) is 16.9. The Balaban J connectivity index is 1.13. The van der Waals surface area contributed by atoms with Crippen molar-refractivity contribution in [1.29, 1.82) is 0 Å². The van der Waals surface area contributed by atoms with E-state index in [1.54, 1.807) is 0 Å². The lowest BCUT2D eigenvalue weighted by Gasteiger charge is -2.38. The Morgan fingerprint density at radius 3 is 1.89 bits per heavy atom. The molecule has 0 spiro atoms. The number of aliphatic hydroxyl groups is 1. The molecular weight excluding hydrogens is 689 g/mol. The number of hydrogen-bond acceptors (Lipinski definition) is 6. The predicted octanol–water partition coefficient (Wildman–Crippen LogP) is 9.14. The highest BCUT2D eigenvalue weighted by Gasteiger charge is 2.33. The van der Waals surface area contributed by atoms with Crippen LogP contribution in [-0.2, 0) is 45.3 Å². The minimum atomic E-state index is -0.774. The summed E-state index contributed by atoms with van der Waals surface area (Å²) < 4.78 is 13.5. The van der Waals surface area contributed by atoms with Crippen molar-refractivity contribution in [3.63, 3.8) is 0 Å². The van der Waals surface area contributed by atoms with Gasteiger partial charge in [0.25, 0.3) is 0 Å². The molecule has 55 heavy (non-hydrogen) atoms. The van der Waals surface area contributed by atoms with Crippen LogP contribution in [0.2, 0.25) is 0 Å². The average Bonchev–Trinajstić information content (AvgIpc) is 3.22. The lowest BCUT2D eigenvalue weighted by molar-refractivity contribution is -0.253. The van der Waals surface area contributed by atoms with E-state index in [2.05, 4.69) is 95.1 Å². The van der Waals surface area contributed by atoms with E-state index in [1.165, 1.54) is 11.1 Å². The van der Waals surface area contributed by atoms with E-state index in [9.17, 15) is 14.7 Å². The fourth-order valence-corrected chi connectivity index (χ4v) is 7.09. The number of hydrogen-bond donors (Lipinski definition) is 3. The number of carbonyl (C=O) groups excluding carboxylic acids is 1. The molecule has 1 aliphatic heterocycles. The molecule has 6 rings (SSSR count). The molecule has 0 saturated carbocycles. The third kappa shape index (κ3) is 12.5. The Morgan fingerprint density at radius 1 is 0.636 bits per heavy atom. The first-order chi connectivity index (χ1) is 26.9. The molecule has 0 aromatic heterocycles. The zero-order valence-corrected chi connectivity index (χ0v) is 31.4. The second-order valence-electron chi connectivity index (χ2n) is 14.4. The Labute approximate surface area is 324 Å². The molecule has 1 heterocycles. The summed E-state index contributed by atoms with van der Waals surface area (Å²) in [6.07, 6.45) is 3.54. The smallest absolute Gasteiger partial charge is 0.303 e. The molecule has 0 radical (unpaired) electrons. The van der Waals surface area contributed by atoms with Crippen molar-refractivity contribution in [2.75, 3.05) is 6.54 Å². The summed E-state index contributed by atoms with van der Waals surface area (Å²) in [5.41, 5.74) is 8.49. The lowest BCUT2D eigenvalue weighted by atomic mass is 9.98. The monoisotopic (exact) mass is 740 g/mol. The number of aliphatic hydroxyl groups excluding tert-OH is 1. The second-order valence-corrected chi connectivity index (χ2v) is 14.4. The van der Waals surface area contributed by atoms with Crippen LogP contribution >= 0.6 is 0 Å². The first-order valence-electron chi connectivity index (χ1n) is 19.4. The quantitative estimate of drug-likeness (QED) is 0.0725. The Hall–Kier alpha value is -5.12. The number of ether oxygens (including phenoxy) is 2. The highest BCUT2D eigenvalue weighted by atomic mass is 16.7. The number of unbranched alkanes of at least 4 members (excludes halogenated alkanes) is 3. The third-order valence-corrected chi connectivity index (χ3v) is 10.1. The molecule has 1 fully saturated rings. The predicted molar refractivity (Wildman–Crippen MR) is 214 cm³/mol. The maximum absolute atomic E-state index is 12.4. The number of carbonyl (C=O) groups is 2. The van der Waals surface area contributed by atoms with Crippen molar-refractivity contribution in [1.82, 2.24) is 10.2 Å². The van der Waals surface area contributed by atoms with Gasteiger partial charge in [-0.05, 0) is 57.9 Å². The van der Waals surface area contributed by atoms with Crippen LogP contribution in [0.3, 0.4) is 0 Å². The Morgan fingerprint density at radius 2 is 1.25 bits per heavy atom. The zero-order valence-electron chi connectivity index (χ0n) is 31.4. The maximum atomic E-state index is 12.4. The molecule has 3 N–H and O–H groups in total. The van der Waals surface area contributed by atoms with Crippen molar-refractivity contribution in [3.8, 4) is 11.1 Å². The van der Waals surface area contributed by atoms with Gasteiger partial charge in [0.05, 0.1) is 18.8 Å². The van der Waals surface area contributed by atoms with Crippen LogP contribution in [0, 0.1) is 0 Å². The van der Waals surface area contributed by atoms with Crippen LogP contribution in [0.25, 0.3) is 11.1 Å². The van der Waals surface area contributed by atoms with Gasteiger partial charge in [0.1, 0.15) is 0 Å². The number of benzene rings is 5. The number of aliphatic carboxylic acids is 1. The number of amides is 1. The van der Waals surface area contributed by atoms with Gasteiger partial charge < -0.3 is 25.0 Å². The van der Waals surface area contributed by atoms with Gasteiger partial charge in [0.2, 0.25) is 5.91 Å². The minimum absolute atomic E-state index is 0.00317. The summed E-state index contributed by atoms with van der Waals surface area (Å²) in [6, 6.07) is 45.6. The van der Waals surface area contributed by atoms with Crippen LogP contribution in [0.5, 0.6) is 0 Å². The highest BCUT2D eigenvalue weighted by molar-refractivity contribution is 5.76. The van der Waals surface area contributed by atoms with Crippen LogP contribution in [-0.4, -0.2) is 39.6 Å². The van der Waals surface area contributed by atoms with Crippen LogP contribution in [0.1, 0.15) is 90.7 Å². The first kappa shape index (κ1) is 39.6. The molecule has 1 amide bonds. The number of nitrogens with one attached hydrogen (secondary N) is 1. The summed E-state index contributed by atoms with van der Waals surface area (Å²) in [4.78, 5) is 25.6. The molecule has 0 unspecified atom stereocenters. The number of carboxylic acid groups (broad SMARTS) is 1. The molecular formula is C47H52N2O6. The first-order valence-corrected chi connectivity index (χ1v) is 19.4.